The molecule has 0 aliphatic rings. The number of rotatable bonds is 7. The summed E-state index contributed by atoms with van der Waals surface area (Å²) in [7, 11) is -2.83. The van der Waals surface area contributed by atoms with Gasteiger partial charge in [-0.2, -0.15) is 0 Å². The smallest absolute Gasteiger partial charge is 0.148 e. The molecule has 0 amide bonds. The first kappa shape index (κ1) is 14.9. The fourth-order valence-corrected chi connectivity index (χ4v) is 1.47. The molecule has 5 heteroatoms. The largest absolute Gasteiger partial charge is 0.376 e. The van der Waals surface area contributed by atoms with Crippen LogP contribution in [0.1, 0.15) is 27.2 Å². The Bertz CT molecular complexity index is 254. The molecule has 0 aromatic carbocycles. The molecule has 0 aliphatic heterocycles. The van der Waals surface area contributed by atoms with Crippen LogP contribution in [0.2, 0.25) is 0 Å². The maximum atomic E-state index is 10.8. The van der Waals surface area contributed by atoms with E-state index in [2.05, 4.69) is 5.32 Å². The van der Waals surface area contributed by atoms with Crippen molar-refractivity contribution < 1.29 is 13.2 Å². The molecule has 0 heterocycles. The van der Waals surface area contributed by atoms with Gasteiger partial charge in [-0.3, -0.25) is 0 Å². The van der Waals surface area contributed by atoms with Gasteiger partial charge >= 0.3 is 0 Å². The van der Waals surface area contributed by atoms with Crippen molar-refractivity contribution in [2.24, 2.45) is 0 Å². The Hall–Kier alpha value is -0.130. The molecular weight excluding hydrogens is 214 g/mol. The van der Waals surface area contributed by atoms with Gasteiger partial charge in [0.15, 0.2) is 0 Å². The quantitative estimate of drug-likeness (QED) is 0.666. The highest BCUT2D eigenvalue weighted by molar-refractivity contribution is 7.90. The average Bonchev–Trinajstić information content (AvgIpc) is 1.98. The van der Waals surface area contributed by atoms with E-state index in [9.17, 15) is 8.42 Å². The van der Waals surface area contributed by atoms with Gasteiger partial charge in [-0.25, -0.2) is 8.42 Å². The summed E-state index contributed by atoms with van der Waals surface area (Å²) in [6.07, 6.45) is 2.15. The van der Waals surface area contributed by atoms with E-state index in [0.717, 1.165) is 13.0 Å². The summed E-state index contributed by atoms with van der Waals surface area (Å²) in [5, 5.41) is 3.07. The van der Waals surface area contributed by atoms with Crippen LogP contribution in [0.3, 0.4) is 0 Å². The molecule has 1 N–H and O–H groups in total. The third kappa shape index (κ3) is 13.9. The molecular formula is C10H23NO3S. The molecule has 0 spiro atoms. The Balaban J connectivity index is 3.27. The molecule has 0 aromatic heterocycles. The minimum Gasteiger partial charge on any atom is -0.376 e. The maximum Gasteiger partial charge on any atom is 0.148 e. The predicted octanol–water partition coefficient (Wildman–Crippen LogP) is 0.826. The fourth-order valence-electron chi connectivity index (χ4n) is 0.958. The lowest BCUT2D eigenvalue weighted by Crippen LogP contribution is -2.26. The van der Waals surface area contributed by atoms with Crippen LogP contribution in [0.25, 0.3) is 0 Å². The van der Waals surface area contributed by atoms with Crippen LogP contribution in [0.5, 0.6) is 0 Å². The average molecular weight is 237 g/mol. The Morgan fingerprint density at radius 1 is 1.20 bits per heavy atom. The second kappa shape index (κ2) is 6.45. The van der Waals surface area contributed by atoms with Gasteiger partial charge in [-0.15, -0.1) is 0 Å². The molecule has 0 saturated carbocycles. The van der Waals surface area contributed by atoms with Crippen molar-refractivity contribution in [3.63, 3.8) is 0 Å². The number of hydrogen-bond donors (Lipinski definition) is 1. The van der Waals surface area contributed by atoms with Gasteiger partial charge < -0.3 is 10.1 Å². The van der Waals surface area contributed by atoms with Gasteiger partial charge in [-0.1, -0.05) is 0 Å². The molecule has 15 heavy (non-hydrogen) atoms. The third-order valence-corrected chi connectivity index (χ3v) is 2.63. The summed E-state index contributed by atoms with van der Waals surface area (Å²) in [5.74, 6) is 0.202. The lowest BCUT2D eigenvalue weighted by molar-refractivity contribution is -0.00372. The van der Waals surface area contributed by atoms with E-state index in [0.29, 0.717) is 13.2 Å². The second-order valence-electron chi connectivity index (χ2n) is 4.69. The van der Waals surface area contributed by atoms with Crippen LogP contribution in [-0.4, -0.2) is 45.7 Å². The summed E-state index contributed by atoms with van der Waals surface area (Å²) in [6, 6.07) is 0. The van der Waals surface area contributed by atoms with Gasteiger partial charge in [0.2, 0.25) is 0 Å². The Labute approximate surface area is 93.3 Å². The van der Waals surface area contributed by atoms with Crippen molar-refractivity contribution in [3.8, 4) is 0 Å². The lowest BCUT2D eigenvalue weighted by atomic mass is 10.2. The molecule has 4 nitrogen and oxygen atoms in total. The van der Waals surface area contributed by atoms with Crippen LogP contribution in [0.4, 0.5) is 0 Å². The van der Waals surface area contributed by atoms with Crippen LogP contribution in [0, 0.1) is 0 Å². The maximum absolute atomic E-state index is 10.8. The molecule has 0 radical (unpaired) electrons. The first-order valence-electron chi connectivity index (χ1n) is 5.23. The predicted molar refractivity (Wildman–Crippen MR) is 62.9 cm³/mol. The summed E-state index contributed by atoms with van der Waals surface area (Å²) in [5.41, 5.74) is -0.0905. The molecule has 0 saturated heterocycles. The standard InChI is InChI=1S/C10H23NO3S/c1-10(2,3)14-8-5-6-11-7-9-15(4,12)13/h11H,5-9H2,1-4H3. The summed E-state index contributed by atoms with van der Waals surface area (Å²) in [6.45, 7) is 8.08. The minimum atomic E-state index is -2.83. The second-order valence-corrected chi connectivity index (χ2v) is 6.95. The highest BCUT2D eigenvalue weighted by Gasteiger charge is 2.08. The Kier molecular flexibility index (Phi) is 6.40. The Morgan fingerprint density at radius 2 is 1.80 bits per heavy atom. The summed E-state index contributed by atoms with van der Waals surface area (Å²) >= 11 is 0. The van der Waals surface area contributed by atoms with E-state index in [1.807, 2.05) is 20.8 Å². The van der Waals surface area contributed by atoms with E-state index < -0.39 is 9.84 Å². The zero-order chi connectivity index (χ0) is 11.9. The van der Waals surface area contributed by atoms with Crippen molar-refractivity contribution in [3.05, 3.63) is 0 Å². The van der Waals surface area contributed by atoms with Crippen molar-refractivity contribution in [2.45, 2.75) is 32.8 Å². The molecule has 0 rings (SSSR count). The van der Waals surface area contributed by atoms with E-state index >= 15 is 0 Å². The van der Waals surface area contributed by atoms with Crippen LogP contribution in [-0.2, 0) is 14.6 Å². The van der Waals surface area contributed by atoms with Gasteiger partial charge in [0, 0.05) is 19.4 Å². The fraction of sp³-hybridized carbons (Fsp3) is 1.00. The molecule has 0 atom stereocenters. The number of ether oxygens (including phenoxy) is 1. The van der Waals surface area contributed by atoms with E-state index in [1.165, 1.54) is 6.26 Å². The summed E-state index contributed by atoms with van der Waals surface area (Å²) < 4.78 is 27.1. The molecule has 0 unspecified atom stereocenters. The van der Waals surface area contributed by atoms with Crippen molar-refractivity contribution in [1.82, 2.24) is 5.32 Å². The topological polar surface area (TPSA) is 55.4 Å². The zero-order valence-electron chi connectivity index (χ0n) is 10.2. The Morgan fingerprint density at radius 3 is 2.27 bits per heavy atom. The normalized spacial score (nSPS) is 13.1. The van der Waals surface area contributed by atoms with E-state index in [1.54, 1.807) is 0 Å². The van der Waals surface area contributed by atoms with Crippen molar-refractivity contribution in [1.29, 1.82) is 0 Å². The number of hydrogen-bond acceptors (Lipinski definition) is 4. The first-order valence-corrected chi connectivity index (χ1v) is 7.29. The zero-order valence-corrected chi connectivity index (χ0v) is 11.0. The van der Waals surface area contributed by atoms with Crippen molar-refractivity contribution >= 4 is 9.84 Å². The highest BCUT2D eigenvalue weighted by atomic mass is 32.2. The van der Waals surface area contributed by atoms with Gasteiger partial charge in [0.05, 0.1) is 11.4 Å². The van der Waals surface area contributed by atoms with E-state index in [-0.39, 0.29) is 11.4 Å². The third-order valence-electron chi connectivity index (χ3n) is 1.68. The number of nitrogens with one attached hydrogen (secondary N) is 1. The van der Waals surface area contributed by atoms with Crippen LogP contribution < -0.4 is 5.32 Å². The number of sulfone groups is 1. The monoisotopic (exact) mass is 237 g/mol. The SMILES string of the molecule is CC(C)(C)OCCCNCCS(C)(=O)=O. The lowest BCUT2D eigenvalue weighted by Gasteiger charge is -2.19. The highest BCUT2D eigenvalue weighted by Crippen LogP contribution is 2.06. The molecule has 92 valence electrons. The molecule has 0 bridgehead atoms. The molecule has 0 aromatic rings. The molecule has 0 aliphatic carbocycles. The van der Waals surface area contributed by atoms with Crippen LogP contribution >= 0.6 is 0 Å². The van der Waals surface area contributed by atoms with Gasteiger partial charge in [0.1, 0.15) is 9.84 Å². The van der Waals surface area contributed by atoms with Crippen LogP contribution in [0.15, 0.2) is 0 Å². The van der Waals surface area contributed by atoms with Gasteiger partial charge in [0.25, 0.3) is 0 Å². The van der Waals surface area contributed by atoms with Crippen molar-refractivity contribution in [2.75, 3.05) is 31.7 Å². The van der Waals surface area contributed by atoms with Gasteiger partial charge in [-0.05, 0) is 33.7 Å². The summed E-state index contributed by atoms with van der Waals surface area (Å²) in [4.78, 5) is 0. The van der Waals surface area contributed by atoms with E-state index in [4.69, 9.17) is 4.74 Å². The molecule has 0 fully saturated rings. The first-order chi connectivity index (χ1) is 6.71. The minimum absolute atomic E-state index is 0.0905.